The number of aryl methyl sites for hydroxylation is 2. The van der Waals surface area contributed by atoms with Gasteiger partial charge in [0.2, 0.25) is 0 Å². The Hall–Kier alpha value is -2.71. The molecule has 2 aliphatic rings. The molecule has 154 valence electrons. The highest BCUT2D eigenvalue weighted by atomic mass is 35.5. The molecule has 0 aliphatic carbocycles. The number of halogens is 1. The smallest absolute Gasteiger partial charge is 0.177 e. The first kappa shape index (κ1) is 18.1. The van der Waals surface area contributed by atoms with E-state index in [1.807, 2.05) is 32.3 Å². The average Bonchev–Trinajstić information content (AvgIpc) is 3.30. The summed E-state index contributed by atoms with van der Waals surface area (Å²) in [4.78, 5) is 12.2. The Balaban J connectivity index is 1.38. The fourth-order valence-electron chi connectivity index (χ4n) is 4.79. The number of rotatable bonds is 2. The molecular weight excluding hydrogens is 400 g/mol. The molecule has 0 atom stereocenters. The molecular formula is C21H23ClN8. The minimum absolute atomic E-state index is 0.505. The van der Waals surface area contributed by atoms with Crippen molar-refractivity contribution in [3.05, 3.63) is 29.0 Å². The van der Waals surface area contributed by atoms with Gasteiger partial charge in [0.05, 0.1) is 16.2 Å². The Morgan fingerprint density at radius 2 is 1.93 bits per heavy atom. The van der Waals surface area contributed by atoms with Gasteiger partial charge in [-0.05, 0) is 37.3 Å². The number of anilines is 1. The van der Waals surface area contributed by atoms with Crippen LogP contribution in [0.5, 0.6) is 0 Å². The van der Waals surface area contributed by atoms with Crippen LogP contribution in [0, 0.1) is 12.3 Å². The predicted molar refractivity (Wildman–Crippen MR) is 118 cm³/mol. The monoisotopic (exact) mass is 422 g/mol. The lowest BCUT2D eigenvalue weighted by Crippen LogP contribution is -2.58. The molecule has 0 saturated carbocycles. The van der Waals surface area contributed by atoms with E-state index >= 15 is 0 Å². The third-order valence-corrected chi connectivity index (χ3v) is 7.07. The van der Waals surface area contributed by atoms with E-state index in [0.29, 0.717) is 16.1 Å². The number of hydrogen-bond donors (Lipinski definition) is 2. The SMILES string of the molecule is Cc1nc2c(-c3ccc4nn(C)cc4c3Cl)n[nH]c2nc1N1CCC2(CC1)CNC2. The molecule has 2 N–H and O–H groups in total. The molecule has 0 amide bonds. The van der Waals surface area contributed by atoms with Crippen LogP contribution in [0.25, 0.3) is 33.3 Å². The highest BCUT2D eigenvalue weighted by molar-refractivity contribution is 6.38. The summed E-state index contributed by atoms with van der Waals surface area (Å²) in [5, 5.41) is 17.0. The highest BCUT2D eigenvalue weighted by Crippen LogP contribution is 2.38. The lowest BCUT2D eigenvalue weighted by Gasteiger charge is -2.48. The molecule has 5 heterocycles. The zero-order chi connectivity index (χ0) is 20.5. The Bertz CT molecular complexity index is 1280. The molecule has 2 saturated heterocycles. The normalized spacial score (nSPS) is 18.4. The number of hydrogen-bond acceptors (Lipinski definition) is 6. The van der Waals surface area contributed by atoms with Crippen molar-refractivity contribution in [1.82, 2.24) is 35.3 Å². The minimum Gasteiger partial charge on any atom is -0.355 e. The summed E-state index contributed by atoms with van der Waals surface area (Å²) in [5.41, 5.74) is 5.29. The van der Waals surface area contributed by atoms with Crippen LogP contribution in [0.2, 0.25) is 5.02 Å². The van der Waals surface area contributed by atoms with Crippen molar-refractivity contribution in [2.24, 2.45) is 12.5 Å². The summed E-state index contributed by atoms with van der Waals surface area (Å²) in [7, 11) is 1.89. The third kappa shape index (κ3) is 2.63. The van der Waals surface area contributed by atoms with Crippen LogP contribution in [0.15, 0.2) is 18.3 Å². The van der Waals surface area contributed by atoms with Gasteiger partial charge in [-0.25, -0.2) is 9.97 Å². The Labute approximate surface area is 178 Å². The second-order valence-corrected chi connectivity index (χ2v) is 9.03. The van der Waals surface area contributed by atoms with Crippen LogP contribution in [-0.2, 0) is 7.05 Å². The van der Waals surface area contributed by atoms with E-state index in [-0.39, 0.29) is 0 Å². The van der Waals surface area contributed by atoms with Crippen LogP contribution < -0.4 is 10.2 Å². The summed E-state index contributed by atoms with van der Waals surface area (Å²) < 4.78 is 1.77. The molecule has 0 bridgehead atoms. The molecule has 6 rings (SSSR count). The van der Waals surface area contributed by atoms with E-state index in [4.69, 9.17) is 21.6 Å². The molecule has 2 aliphatic heterocycles. The van der Waals surface area contributed by atoms with Crippen LogP contribution in [0.3, 0.4) is 0 Å². The number of nitrogens with zero attached hydrogens (tertiary/aromatic N) is 6. The first-order valence-corrected chi connectivity index (χ1v) is 10.7. The number of piperidine rings is 1. The topological polar surface area (TPSA) is 87.5 Å². The first-order valence-electron chi connectivity index (χ1n) is 10.3. The number of benzene rings is 1. The summed E-state index contributed by atoms with van der Waals surface area (Å²) in [6, 6.07) is 3.92. The van der Waals surface area contributed by atoms with Crippen molar-refractivity contribution in [2.45, 2.75) is 19.8 Å². The largest absolute Gasteiger partial charge is 0.355 e. The fraction of sp³-hybridized carbons (Fsp3) is 0.429. The standard InChI is InChI=1S/C21H23ClN8/c1-12-20(30-7-5-21(6-8-30)10-23-11-21)25-19-18(24-12)17(26-27-19)13-3-4-15-14(16(13)22)9-29(2)28-15/h3-4,9,23H,5-8,10-11H2,1-2H3,(H,25,26,27). The molecule has 2 fully saturated rings. The van der Waals surface area contributed by atoms with Crippen molar-refractivity contribution in [3.8, 4) is 11.3 Å². The summed E-state index contributed by atoms with van der Waals surface area (Å²) >= 11 is 6.72. The molecule has 0 radical (unpaired) electrons. The van der Waals surface area contributed by atoms with Crippen molar-refractivity contribution in [3.63, 3.8) is 0 Å². The van der Waals surface area contributed by atoms with Gasteiger partial charge in [-0.2, -0.15) is 10.2 Å². The van der Waals surface area contributed by atoms with Crippen LogP contribution >= 0.6 is 11.6 Å². The molecule has 30 heavy (non-hydrogen) atoms. The molecule has 9 heteroatoms. The molecule has 3 aromatic heterocycles. The molecule has 4 aromatic rings. The molecule has 0 unspecified atom stereocenters. The van der Waals surface area contributed by atoms with Gasteiger partial charge in [0.15, 0.2) is 11.5 Å². The maximum absolute atomic E-state index is 6.72. The maximum Gasteiger partial charge on any atom is 0.177 e. The van der Waals surface area contributed by atoms with Crippen molar-refractivity contribution in [2.75, 3.05) is 31.1 Å². The number of fused-ring (bicyclic) bond motifs is 2. The first-order chi connectivity index (χ1) is 14.5. The average molecular weight is 423 g/mol. The number of aromatic nitrogens is 6. The summed E-state index contributed by atoms with van der Waals surface area (Å²) in [5.74, 6) is 0.952. The third-order valence-electron chi connectivity index (χ3n) is 6.66. The Morgan fingerprint density at radius 1 is 1.13 bits per heavy atom. The van der Waals surface area contributed by atoms with E-state index in [0.717, 1.165) is 65.4 Å². The van der Waals surface area contributed by atoms with Crippen LogP contribution in [0.4, 0.5) is 5.82 Å². The lowest BCUT2D eigenvalue weighted by molar-refractivity contribution is 0.126. The zero-order valence-electron chi connectivity index (χ0n) is 17.0. The second kappa shape index (κ2) is 6.39. The Kier molecular flexibility index (Phi) is 3.85. The van der Waals surface area contributed by atoms with Gasteiger partial charge >= 0.3 is 0 Å². The van der Waals surface area contributed by atoms with Gasteiger partial charge in [-0.15, -0.1) is 0 Å². The van der Waals surface area contributed by atoms with Crippen molar-refractivity contribution in [1.29, 1.82) is 0 Å². The van der Waals surface area contributed by atoms with Crippen molar-refractivity contribution < 1.29 is 0 Å². The molecule has 1 spiro atoms. The van der Waals surface area contributed by atoms with Gasteiger partial charge < -0.3 is 10.2 Å². The summed E-state index contributed by atoms with van der Waals surface area (Å²) in [6.45, 7) is 6.37. The second-order valence-electron chi connectivity index (χ2n) is 8.66. The van der Waals surface area contributed by atoms with Gasteiger partial charge in [-0.1, -0.05) is 11.6 Å². The van der Waals surface area contributed by atoms with E-state index in [2.05, 4.69) is 25.5 Å². The van der Waals surface area contributed by atoms with Crippen molar-refractivity contribution >= 4 is 39.5 Å². The Morgan fingerprint density at radius 3 is 2.67 bits per heavy atom. The van der Waals surface area contributed by atoms with E-state index in [1.165, 1.54) is 12.8 Å². The van der Waals surface area contributed by atoms with Gasteiger partial charge in [0.1, 0.15) is 11.2 Å². The quantitative estimate of drug-likeness (QED) is 0.516. The molecule has 8 nitrogen and oxygen atoms in total. The number of nitrogens with one attached hydrogen (secondary N) is 2. The van der Waals surface area contributed by atoms with E-state index < -0.39 is 0 Å². The van der Waals surface area contributed by atoms with E-state index in [1.54, 1.807) is 4.68 Å². The fourth-order valence-corrected chi connectivity index (χ4v) is 5.09. The number of H-pyrrole nitrogens is 1. The number of aromatic amines is 1. The van der Waals surface area contributed by atoms with Gasteiger partial charge in [0, 0.05) is 50.4 Å². The van der Waals surface area contributed by atoms with E-state index in [9.17, 15) is 0 Å². The minimum atomic E-state index is 0.505. The molecule has 1 aromatic carbocycles. The summed E-state index contributed by atoms with van der Waals surface area (Å²) in [6.07, 6.45) is 4.33. The van der Waals surface area contributed by atoms with Gasteiger partial charge in [0.25, 0.3) is 0 Å². The lowest BCUT2D eigenvalue weighted by atomic mass is 9.73. The van der Waals surface area contributed by atoms with Gasteiger partial charge in [-0.3, -0.25) is 9.78 Å². The maximum atomic E-state index is 6.72. The zero-order valence-corrected chi connectivity index (χ0v) is 17.8. The predicted octanol–water partition coefficient (Wildman–Crippen LogP) is 3.06. The van der Waals surface area contributed by atoms with Crippen LogP contribution in [0.1, 0.15) is 18.5 Å². The highest BCUT2D eigenvalue weighted by Gasteiger charge is 2.40. The van der Waals surface area contributed by atoms with Crippen LogP contribution in [-0.4, -0.2) is 56.1 Å².